The first-order valence-electron chi connectivity index (χ1n) is 4.53. The largest absolute Gasteiger partial charge is 0.412 e. The monoisotopic (exact) mass is 174 g/mol. The Morgan fingerprint density at radius 1 is 1.09 bits per heavy atom. The quantitative estimate of drug-likeness (QED) is 0.593. The van der Waals surface area contributed by atoms with Crippen LogP contribution < -0.4 is 0 Å². The van der Waals surface area contributed by atoms with Gasteiger partial charge in [0.15, 0.2) is 8.32 Å². The number of hydrogen-bond donors (Lipinski definition) is 0. The second-order valence-electron chi connectivity index (χ2n) is 4.37. The molecule has 0 rings (SSSR count). The highest BCUT2D eigenvalue weighted by atomic mass is 28.4. The molecule has 0 fully saturated rings. The Morgan fingerprint density at radius 2 is 1.45 bits per heavy atom. The molecule has 0 aromatic rings. The van der Waals surface area contributed by atoms with Crippen LogP contribution in [0.25, 0.3) is 0 Å². The molecule has 0 saturated carbocycles. The van der Waals surface area contributed by atoms with Crippen LogP contribution in [0.1, 0.15) is 33.6 Å². The smallest absolute Gasteiger partial charge is 0.184 e. The van der Waals surface area contributed by atoms with Crippen molar-refractivity contribution < 1.29 is 4.43 Å². The van der Waals surface area contributed by atoms with Crippen LogP contribution in [0, 0.1) is 0 Å². The van der Waals surface area contributed by atoms with Gasteiger partial charge in [-0.05, 0) is 39.4 Å². The summed E-state index contributed by atoms with van der Waals surface area (Å²) in [5.74, 6) is 0. The van der Waals surface area contributed by atoms with Crippen molar-refractivity contribution in [3.63, 3.8) is 0 Å². The Hall–Kier alpha value is 0.177. The highest BCUT2D eigenvalue weighted by molar-refractivity contribution is 6.69. The van der Waals surface area contributed by atoms with E-state index in [9.17, 15) is 0 Å². The molecule has 0 atom stereocenters. The van der Waals surface area contributed by atoms with Crippen molar-refractivity contribution in [1.29, 1.82) is 0 Å². The van der Waals surface area contributed by atoms with Gasteiger partial charge in [0.2, 0.25) is 0 Å². The zero-order chi connectivity index (χ0) is 9.12. The Bertz CT molecular complexity index is 111. The normalized spacial score (nSPS) is 13.6. The molecule has 0 unspecified atom stereocenters. The van der Waals surface area contributed by atoms with Crippen LogP contribution in [-0.2, 0) is 4.43 Å². The Kier molecular flexibility index (Phi) is 3.78. The van der Waals surface area contributed by atoms with Crippen LogP contribution in [0.4, 0.5) is 0 Å². The molecule has 1 nitrogen and oxygen atoms in total. The third-order valence-electron chi connectivity index (χ3n) is 2.05. The molecule has 0 aliphatic carbocycles. The molecule has 0 aromatic carbocycles. The first-order valence-corrected chi connectivity index (χ1v) is 7.94. The van der Waals surface area contributed by atoms with E-state index in [4.69, 9.17) is 4.43 Å². The molecule has 0 spiro atoms. The van der Waals surface area contributed by atoms with Crippen LogP contribution >= 0.6 is 0 Å². The van der Waals surface area contributed by atoms with Gasteiger partial charge in [-0.25, -0.2) is 0 Å². The van der Waals surface area contributed by atoms with E-state index in [1.165, 1.54) is 0 Å². The van der Waals surface area contributed by atoms with E-state index in [0.29, 0.717) is 0 Å². The van der Waals surface area contributed by atoms with E-state index in [1.54, 1.807) is 0 Å². The third-order valence-corrected chi connectivity index (χ3v) is 3.15. The minimum Gasteiger partial charge on any atom is -0.412 e. The molecule has 0 amide bonds. The number of hydrogen-bond acceptors (Lipinski definition) is 1. The molecular weight excluding hydrogens is 152 g/mol. The zero-order valence-electron chi connectivity index (χ0n) is 8.82. The SMILES string of the molecule is CCC(C)(CC)O[Si](C)(C)C. The molecule has 0 aliphatic rings. The summed E-state index contributed by atoms with van der Waals surface area (Å²) in [6.45, 7) is 13.3. The van der Waals surface area contributed by atoms with E-state index in [1.807, 2.05) is 0 Å². The molecule has 0 bridgehead atoms. The second-order valence-corrected chi connectivity index (χ2v) is 8.80. The molecule has 0 heterocycles. The van der Waals surface area contributed by atoms with E-state index in [2.05, 4.69) is 40.4 Å². The summed E-state index contributed by atoms with van der Waals surface area (Å²) in [7, 11) is -1.33. The zero-order valence-corrected chi connectivity index (χ0v) is 9.82. The fraction of sp³-hybridized carbons (Fsp3) is 1.00. The summed E-state index contributed by atoms with van der Waals surface area (Å²) in [5.41, 5.74) is 0.129. The van der Waals surface area contributed by atoms with Crippen molar-refractivity contribution in [2.75, 3.05) is 0 Å². The fourth-order valence-corrected chi connectivity index (χ4v) is 2.90. The maximum Gasteiger partial charge on any atom is 0.184 e. The molecule has 0 N–H and O–H groups in total. The summed E-state index contributed by atoms with van der Waals surface area (Å²) in [4.78, 5) is 0. The molecule has 11 heavy (non-hydrogen) atoms. The van der Waals surface area contributed by atoms with Crippen LogP contribution in [0.5, 0.6) is 0 Å². The van der Waals surface area contributed by atoms with Crippen molar-refractivity contribution in [1.82, 2.24) is 0 Å². The molecule has 68 valence electrons. The minimum atomic E-state index is -1.33. The Balaban J connectivity index is 4.08. The van der Waals surface area contributed by atoms with E-state index < -0.39 is 8.32 Å². The molecule has 0 aliphatic heterocycles. The maximum atomic E-state index is 6.06. The van der Waals surface area contributed by atoms with Gasteiger partial charge in [0, 0.05) is 0 Å². The lowest BCUT2D eigenvalue weighted by atomic mass is 10.0. The van der Waals surface area contributed by atoms with Crippen LogP contribution in [0.2, 0.25) is 19.6 Å². The summed E-state index contributed by atoms with van der Waals surface area (Å²) >= 11 is 0. The van der Waals surface area contributed by atoms with Gasteiger partial charge in [-0.2, -0.15) is 0 Å². The Morgan fingerprint density at radius 3 is 1.55 bits per heavy atom. The highest BCUT2D eigenvalue weighted by Crippen LogP contribution is 2.24. The maximum absolute atomic E-state index is 6.06. The lowest BCUT2D eigenvalue weighted by Crippen LogP contribution is -2.39. The third kappa shape index (κ3) is 4.59. The first-order chi connectivity index (χ1) is 4.83. The molecule has 0 aromatic heterocycles. The standard InChI is InChI=1S/C9H22OSi/c1-7-9(3,8-2)10-11(4,5)6/h7-8H2,1-6H3. The predicted molar refractivity (Wildman–Crippen MR) is 53.4 cm³/mol. The van der Waals surface area contributed by atoms with Crippen molar-refractivity contribution in [2.45, 2.75) is 58.9 Å². The second kappa shape index (κ2) is 3.72. The lowest BCUT2D eigenvalue weighted by molar-refractivity contribution is 0.0722. The van der Waals surface area contributed by atoms with Gasteiger partial charge >= 0.3 is 0 Å². The first kappa shape index (κ1) is 11.2. The summed E-state index contributed by atoms with van der Waals surface area (Å²) < 4.78 is 6.06. The van der Waals surface area contributed by atoms with Crippen LogP contribution in [-0.4, -0.2) is 13.9 Å². The highest BCUT2D eigenvalue weighted by Gasteiger charge is 2.27. The summed E-state index contributed by atoms with van der Waals surface area (Å²) in [5, 5.41) is 0. The fourth-order valence-electron chi connectivity index (χ4n) is 1.13. The van der Waals surface area contributed by atoms with Gasteiger partial charge in [-0.1, -0.05) is 13.8 Å². The van der Waals surface area contributed by atoms with E-state index in [-0.39, 0.29) is 5.60 Å². The van der Waals surface area contributed by atoms with Gasteiger partial charge in [-0.15, -0.1) is 0 Å². The lowest BCUT2D eigenvalue weighted by Gasteiger charge is -2.34. The average Bonchev–Trinajstić information content (AvgIpc) is 1.84. The molecule has 0 radical (unpaired) electrons. The summed E-state index contributed by atoms with van der Waals surface area (Å²) in [6.07, 6.45) is 2.24. The molecule has 2 heteroatoms. The van der Waals surface area contributed by atoms with Gasteiger partial charge in [-0.3, -0.25) is 0 Å². The predicted octanol–water partition coefficient (Wildman–Crippen LogP) is 3.42. The van der Waals surface area contributed by atoms with Gasteiger partial charge in [0.05, 0.1) is 5.60 Å². The van der Waals surface area contributed by atoms with Crippen LogP contribution in [0.15, 0.2) is 0 Å². The number of rotatable bonds is 4. The van der Waals surface area contributed by atoms with Crippen molar-refractivity contribution >= 4 is 8.32 Å². The van der Waals surface area contributed by atoms with Gasteiger partial charge in [0.1, 0.15) is 0 Å². The molecule has 0 saturated heterocycles. The topological polar surface area (TPSA) is 9.23 Å². The van der Waals surface area contributed by atoms with E-state index >= 15 is 0 Å². The van der Waals surface area contributed by atoms with Crippen molar-refractivity contribution in [2.24, 2.45) is 0 Å². The van der Waals surface area contributed by atoms with Crippen molar-refractivity contribution in [3.8, 4) is 0 Å². The summed E-state index contributed by atoms with van der Waals surface area (Å²) in [6, 6.07) is 0. The average molecular weight is 174 g/mol. The van der Waals surface area contributed by atoms with Crippen molar-refractivity contribution in [3.05, 3.63) is 0 Å². The molecular formula is C9H22OSi. The van der Waals surface area contributed by atoms with E-state index in [0.717, 1.165) is 12.8 Å². The van der Waals surface area contributed by atoms with Crippen LogP contribution in [0.3, 0.4) is 0 Å². The Labute approximate surface area is 72.3 Å². The van der Waals surface area contributed by atoms with Gasteiger partial charge < -0.3 is 4.43 Å². The van der Waals surface area contributed by atoms with Gasteiger partial charge in [0.25, 0.3) is 0 Å². The minimum absolute atomic E-state index is 0.129.